The summed E-state index contributed by atoms with van der Waals surface area (Å²) in [5.74, 6) is -1.39. The van der Waals surface area contributed by atoms with Crippen molar-refractivity contribution in [1.29, 1.82) is 5.26 Å². The maximum Gasteiger partial charge on any atom is 0.337 e. The van der Waals surface area contributed by atoms with Crippen LogP contribution in [0.2, 0.25) is 0 Å². The number of esters is 2. The second kappa shape index (κ2) is 7.84. The fraction of sp³-hybridized carbons (Fsp3) is 0.263. The number of methoxy groups -OCH3 is 1. The van der Waals surface area contributed by atoms with Crippen molar-refractivity contribution in [1.82, 2.24) is 10.2 Å². The first kappa shape index (κ1) is 19.0. The summed E-state index contributed by atoms with van der Waals surface area (Å²) in [6, 6.07) is 8.63. The van der Waals surface area contributed by atoms with Gasteiger partial charge in [-0.1, -0.05) is 12.1 Å². The van der Waals surface area contributed by atoms with Crippen molar-refractivity contribution in [3.8, 4) is 11.9 Å². The van der Waals surface area contributed by atoms with E-state index < -0.39 is 17.9 Å². The van der Waals surface area contributed by atoms with Gasteiger partial charge in [-0.3, -0.25) is 9.89 Å². The lowest BCUT2D eigenvalue weighted by atomic mass is 9.83. The molecule has 0 saturated heterocycles. The Bertz CT molecular complexity index is 985. The van der Waals surface area contributed by atoms with E-state index in [1.165, 1.54) is 7.11 Å². The maximum absolute atomic E-state index is 11.9. The van der Waals surface area contributed by atoms with Crippen molar-refractivity contribution < 1.29 is 23.8 Å². The van der Waals surface area contributed by atoms with E-state index in [9.17, 15) is 14.9 Å². The molecule has 28 heavy (non-hydrogen) atoms. The molecular weight excluding hydrogens is 364 g/mol. The van der Waals surface area contributed by atoms with E-state index in [1.807, 2.05) is 0 Å². The third-order valence-corrected chi connectivity index (χ3v) is 4.31. The molecule has 9 heteroatoms. The van der Waals surface area contributed by atoms with E-state index in [1.54, 1.807) is 31.2 Å². The summed E-state index contributed by atoms with van der Waals surface area (Å²) in [4.78, 5) is 23.6. The number of ether oxygens (including phenoxy) is 3. The molecule has 0 saturated carbocycles. The number of H-pyrrole nitrogens is 1. The van der Waals surface area contributed by atoms with Crippen LogP contribution in [0, 0.1) is 11.3 Å². The number of carbonyl (C=O) groups excluding carboxylic acids is 2. The summed E-state index contributed by atoms with van der Waals surface area (Å²) >= 11 is 0. The van der Waals surface area contributed by atoms with Gasteiger partial charge in [0.15, 0.2) is 0 Å². The molecule has 1 aliphatic rings. The molecule has 144 valence electrons. The lowest BCUT2D eigenvalue weighted by Crippen LogP contribution is -2.22. The minimum absolute atomic E-state index is 0.0606. The van der Waals surface area contributed by atoms with Crippen LogP contribution >= 0.6 is 0 Å². The van der Waals surface area contributed by atoms with Crippen LogP contribution in [0.4, 0.5) is 0 Å². The minimum atomic E-state index is -0.608. The molecule has 0 radical (unpaired) electrons. The van der Waals surface area contributed by atoms with Crippen LogP contribution in [0.5, 0.6) is 5.88 Å². The summed E-state index contributed by atoms with van der Waals surface area (Å²) in [6.07, 6.45) is -0.0606. The van der Waals surface area contributed by atoms with Crippen molar-refractivity contribution in [2.24, 2.45) is 5.73 Å². The van der Waals surface area contributed by atoms with Gasteiger partial charge >= 0.3 is 11.9 Å². The standard InChI is InChI=1S/C19H18N4O5/c1-3-27-14(24)8-13-16-15(10-4-6-11(7-5-10)19(25)26-2)12(9-20)17(21)28-18(16)23-22-13/h4-7,15H,3,8,21H2,1-2H3,(H,22,23). The molecule has 2 aromatic rings. The molecule has 0 spiro atoms. The lowest BCUT2D eigenvalue weighted by Gasteiger charge is -2.24. The molecule has 0 amide bonds. The van der Waals surface area contributed by atoms with E-state index >= 15 is 0 Å². The Morgan fingerprint density at radius 3 is 2.68 bits per heavy atom. The topological polar surface area (TPSA) is 140 Å². The Hall–Kier alpha value is -3.80. The van der Waals surface area contributed by atoms with Gasteiger partial charge in [-0.25, -0.2) is 4.79 Å². The van der Waals surface area contributed by atoms with Crippen LogP contribution in [0.3, 0.4) is 0 Å². The molecule has 1 unspecified atom stereocenters. The number of benzene rings is 1. The SMILES string of the molecule is CCOC(=O)Cc1[nH]nc2c1C(c1ccc(C(=O)OC)cc1)C(C#N)=C(N)O2. The normalized spacial score (nSPS) is 15.2. The minimum Gasteiger partial charge on any atom is -0.466 e. The number of aromatic nitrogens is 2. The van der Waals surface area contributed by atoms with E-state index in [-0.39, 0.29) is 30.4 Å². The quantitative estimate of drug-likeness (QED) is 0.742. The molecule has 1 aromatic carbocycles. The van der Waals surface area contributed by atoms with E-state index in [4.69, 9.17) is 19.9 Å². The zero-order valence-electron chi connectivity index (χ0n) is 15.3. The molecule has 0 aliphatic carbocycles. The molecule has 1 aliphatic heterocycles. The number of rotatable bonds is 5. The Morgan fingerprint density at radius 1 is 1.36 bits per heavy atom. The van der Waals surface area contributed by atoms with Gasteiger partial charge in [-0.2, -0.15) is 5.26 Å². The van der Waals surface area contributed by atoms with Crippen molar-refractivity contribution >= 4 is 11.9 Å². The number of hydrogen-bond donors (Lipinski definition) is 2. The van der Waals surface area contributed by atoms with Gasteiger partial charge in [0.05, 0.1) is 42.9 Å². The summed E-state index contributed by atoms with van der Waals surface area (Å²) in [5, 5.41) is 16.5. The highest BCUT2D eigenvalue weighted by molar-refractivity contribution is 5.89. The number of hydrogen-bond acceptors (Lipinski definition) is 8. The molecule has 9 nitrogen and oxygen atoms in total. The van der Waals surface area contributed by atoms with Crippen LogP contribution in [0.25, 0.3) is 0 Å². The fourth-order valence-corrected chi connectivity index (χ4v) is 3.06. The monoisotopic (exact) mass is 382 g/mol. The highest BCUT2D eigenvalue weighted by atomic mass is 16.5. The Labute approximate surface area is 160 Å². The first-order chi connectivity index (χ1) is 13.5. The van der Waals surface area contributed by atoms with Crippen molar-refractivity contribution in [3.05, 3.63) is 58.1 Å². The molecule has 3 N–H and O–H groups in total. The Morgan fingerprint density at radius 2 is 2.07 bits per heavy atom. The second-order valence-electron chi connectivity index (χ2n) is 5.94. The number of fused-ring (bicyclic) bond motifs is 1. The number of aromatic amines is 1. The van der Waals surface area contributed by atoms with Crippen LogP contribution in [0.1, 0.15) is 40.0 Å². The largest absolute Gasteiger partial charge is 0.466 e. The predicted octanol–water partition coefficient (Wildman–Crippen LogP) is 1.52. The summed E-state index contributed by atoms with van der Waals surface area (Å²) < 4.78 is 15.2. The van der Waals surface area contributed by atoms with Crippen molar-refractivity contribution in [2.75, 3.05) is 13.7 Å². The summed E-state index contributed by atoms with van der Waals surface area (Å²) in [5.41, 5.74) is 8.14. The highest BCUT2D eigenvalue weighted by Gasteiger charge is 2.35. The number of allylic oxidation sites excluding steroid dienone is 1. The molecule has 1 atom stereocenters. The zero-order chi connectivity index (χ0) is 20.3. The highest BCUT2D eigenvalue weighted by Crippen LogP contribution is 2.42. The molecule has 3 rings (SSSR count). The van der Waals surface area contributed by atoms with Gasteiger partial charge in [0.25, 0.3) is 0 Å². The van der Waals surface area contributed by atoms with E-state index in [0.717, 1.165) is 0 Å². The predicted molar refractivity (Wildman–Crippen MR) is 96.0 cm³/mol. The number of nitrogens with one attached hydrogen (secondary N) is 1. The van der Waals surface area contributed by atoms with Crippen LogP contribution in [0.15, 0.2) is 35.7 Å². The Kier molecular flexibility index (Phi) is 5.31. The first-order valence-electron chi connectivity index (χ1n) is 8.48. The number of carbonyl (C=O) groups is 2. The molecule has 1 aromatic heterocycles. The number of nitrogens with zero attached hydrogens (tertiary/aromatic N) is 2. The third-order valence-electron chi connectivity index (χ3n) is 4.31. The van der Waals surface area contributed by atoms with Crippen LogP contribution in [-0.4, -0.2) is 35.9 Å². The van der Waals surface area contributed by atoms with Gasteiger partial charge in [-0.15, -0.1) is 5.10 Å². The molecule has 0 fully saturated rings. The van der Waals surface area contributed by atoms with Gasteiger partial charge in [0, 0.05) is 0 Å². The lowest BCUT2D eigenvalue weighted by molar-refractivity contribution is -0.142. The third kappa shape index (κ3) is 3.40. The van der Waals surface area contributed by atoms with Gasteiger partial charge < -0.3 is 19.9 Å². The van der Waals surface area contributed by atoms with Gasteiger partial charge in [0.1, 0.15) is 11.6 Å². The second-order valence-corrected chi connectivity index (χ2v) is 5.94. The van der Waals surface area contributed by atoms with Gasteiger partial charge in [-0.05, 0) is 24.6 Å². The van der Waals surface area contributed by atoms with Crippen molar-refractivity contribution in [2.45, 2.75) is 19.3 Å². The molecular formula is C19H18N4O5. The summed E-state index contributed by atoms with van der Waals surface area (Å²) in [6.45, 7) is 1.96. The zero-order valence-corrected chi connectivity index (χ0v) is 15.3. The number of nitriles is 1. The van der Waals surface area contributed by atoms with Crippen molar-refractivity contribution in [3.63, 3.8) is 0 Å². The van der Waals surface area contributed by atoms with Gasteiger partial charge in [0.2, 0.25) is 11.8 Å². The molecule has 2 heterocycles. The average molecular weight is 382 g/mol. The smallest absolute Gasteiger partial charge is 0.337 e. The molecule has 0 bridgehead atoms. The number of nitrogens with two attached hydrogens (primary N) is 1. The van der Waals surface area contributed by atoms with Crippen LogP contribution in [-0.2, 0) is 20.7 Å². The van der Waals surface area contributed by atoms with Crippen LogP contribution < -0.4 is 10.5 Å². The Balaban J connectivity index is 2.07. The maximum atomic E-state index is 11.9. The van der Waals surface area contributed by atoms with E-state index in [0.29, 0.717) is 22.4 Å². The summed E-state index contributed by atoms with van der Waals surface area (Å²) in [7, 11) is 1.30. The fourth-order valence-electron chi connectivity index (χ4n) is 3.06. The average Bonchev–Trinajstić information content (AvgIpc) is 3.08. The first-order valence-corrected chi connectivity index (χ1v) is 8.48. The van der Waals surface area contributed by atoms with E-state index in [2.05, 4.69) is 16.3 Å².